The minimum absolute atomic E-state index is 0.172. The van der Waals surface area contributed by atoms with Crippen molar-refractivity contribution in [3.05, 3.63) is 66.1 Å². The number of para-hydroxylation sites is 2. The van der Waals surface area contributed by atoms with Crippen LogP contribution in [0.3, 0.4) is 0 Å². The minimum Gasteiger partial charge on any atom is -0.383 e. The number of halogens is 1. The molecular formula is C18H17FN2O2. The minimum atomic E-state index is -0.455. The fourth-order valence-corrected chi connectivity index (χ4v) is 2.55. The van der Waals surface area contributed by atoms with E-state index in [0.717, 1.165) is 10.9 Å². The maximum atomic E-state index is 13.7. The molecule has 0 atom stereocenters. The summed E-state index contributed by atoms with van der Waals surface area (Å²) in [5.74, 6) is -0.786. The lowest BCUT2D eigenvalue weighted by Crippen LogP contribution is -2.12. The van der Waals surface area contributed by atoms with Gasteiger partial charge in [0.05, 0.1) is 17.9 Å². The second kappa shape index (κ2) is 6.62. The van der Waals surface area contributed by atoms with Crippen LogP contribution in [0.5, 0.6) is 0 Å². The van der Waals surface area contributed by atoms with Crippen LogP contribution in [0.4, 0.5) is 10.1 Å². The zero-order chi connectivity index (χ0) is 16.2. The van der Waals surface area contributed by atoms with Crippen LogP contribution in [0.25, 0.3) is 10.9 Å². The lowest BCUT2D eigenvalue weighted by Gasteiger charge is -2.05. The first-order chi connectivity index (χ1) is 11.2. The number of fused-ring (bicyclic) bond motifs is 1. The molecule has 1 aromatic heterocycles. The molecule has 0 spiro atoms. The van der Waals surface area contributed by atoms with Crippen LogP contribution in [-0.2, 0) is 11.3 Å². The summed E-state index contributed by atoms with van der Waals surface area (Å²) in [7, 11) is 1.64. The molecule has 23 heavy (non-hydrogen) atoms. The SMILES string of the molecule is COCCn1cc(C(=O)Nc2ccccc2F)c2ccccc21. The molecule has 118 valence electrons. The lowest BCUT2D eigenvalue weighted by atomic mass is 10.1. The number of hydrogen-bond acceptors (Lipinski definition) is 2. The van der Waals surface area contributed by atoms with E-state index < -0.39 is 5.82 Å². The highest BCUT2D eigenvalue weighted by atomic mass is 19.1. The normalized spacial score (nSPS) is 10.9. The highest BCUT2D eigenvalue weighted by Gasteiger charge is 2.16. The topological polar surface area (TPSA) is 43.3 Å². The molecule has 0 unspecified atom stereocenters. The van der Waals surface area contributed by atoms with Crippen molar-refractivity contribution in [2.75, 3.05) is 19.0 Å². The van der Waals surface area contributed by atoms with Crippen LogP contribution >= 0.6 is 0 Å². The summed E-state index contributed by atoms with van der Waals surface area (Å²) in [5.41, 5.74) is 1.63. The van der Waals surface area contributed by atoms with Crippen molar-refractivity contribution >= 4 is 22.5 Å². The molecular weight excluding hydrogens is 295 g/mol. The van der Waals surface area contributed by atoms with Crippen LogP contribution < -0.4 is 5.32 Å². The number of carbonyl (C=O) groups is 1. The first-order valence-electron chi connectivity index (χ1n) is 7.33. The number of aromatic nitrogens is 1. The molecule has 3 rings (SSSR count). The number of carbonyl (C=O) groups excluding carboxylic acids is 1. The summed E-state index contributed by atoms with van der Waals surface area (Å²) in [5, 5.41) is 3.46. The van der Waals surface area contributed by atoms with E-state index >= 15 is 0 Å². The number of nitrogens with zero attached hydrogens (tertiary/aromatic N) is 1. The Labute approximate surface area is 133 Å². The van der Waals surface area contributed by atoms with Gasteiger partial charge in [-0.3, -0.25) is 4.79 Å². The van der Waals surface area contributed by atoms with Gasteiger partial charge in [0.15, 0.2) is 0 Å². The van der Waals surface area contributed by atoms with Crippen molar-refractivity contribution in [3.8, 4) is 0 Å². The number of nitrogens with one attached hydrogen (secondary N) is 1. The van der Waals surface area contributed by atoms with Crippen LogP contribution in [-0.4, -0.2) is 24.2 Å². The number of benzene rings is 2. The van der Waals surface area contributed by atoms with E-state index in [4.69, 9.17) is 4.74 Å². The summed E-state index contributed by atoms with van der Waals surface area (Å²) in [6, 6.07) is 13.8. The van der Waals surface area contributed by atoms with Gasteiger partial charge in [-0.05, 0) is 18.2 Å². The molecule has 0 saturated heterocycles. The molecule has 0 aliphatic carbocycles. The first kappa shape index (κ1) is 15.2. The van der Waals surface area contributed by atoms with Crippen molar-refractivity contribution in [3.63, 3.8) is 0 Å². The smallest absolute Gasteiger partial charge is 0.257 e. The molecule has 1 N–H and O–H groups in total. The summed E-state index contributed by atoms with van der Waals surface area (Å²) in [6.07, 6.45) is 1.78. The highest BCUT2D eigenvalue weighted by molar-refractivity contribution is 6.13. The molecule has 3 aromatic rings. The molecule has 1 heterocycles. The van der Waals surface area contributed by atoms with E-state index in [1.807, 2.05) is 28.8 Å². The van der Waals surface area contributed by atoms with Crippen LogP contribution in [0.2, 0.25) is 0 Å². The Balaban J connectivity index is 1.95. The molecule has 0 fully saturated rings. The monoisotopic (exact) mass is 312 g/mol. The molecule has 2 aromatic carbocycles. The van der Waals surface area contributed by atoms with E-state index in [0.29, 0.717) is 18.7 Å². The highest BCUT2D eigenvalue weighted by Crippen LogP contribution is 2.23. The summed E-state index contributed by atoms with van der Waals surface area (Å²) in [6.45, 7) is 1.19. The van der Waals surface area contributed by atoms with E-state index in [9.17, 15) is 9.18 Å². The van der Waals surface area contributed by atoms with Gasteiger partial charge in [0.25, 0.3) is 5.91 Å². The Morgan fingerprint density at radius 1 is 1.17 bits per heavy atom. The van der Waals surface area contributed by atoms with Crippen molar-refractivity contribution < 1.29 is 13.9 Å². The fraction of sp³-hybridized carbons (Fsp3) is 0.167. The van der Waals surface area contributed by atoms with Crippen LogP contribution in [0, 0.1) is 5.82 Å². The van der Waals surface area contributed by atoms with E-state index in [1.54, 1.807) is 25.4 Å². The standard InChI is InChI=1S/C18H17FN2O2/c1-23-11-10-21-12-14(13-6-2-5-9-17(13)21)18(22)20-16-8-4-3-7-15(16)19/h2-9,12H,10-11H2,1H3,(H,20,22). The molecule has 0 aliphatic rings. The van der Waals surface area contributed by atoms with E-state index in [-0.39, 0.29) is 11.6 Å². The van der Waals surface area contributed by atoms with Gasteiger partial charge in [0.2, 0.25) is 0 Å². The van der Waals surface area contributed by atoms with Crippen LogP contribution in [0.1, 0.15) is 10.4 Å². The average molecular weight is 312 g/mol. The van der Waals surface area contributed by atoms with Gasteiger partial charge in [-0.2, -0.15) is 0 Å². The van der Waals surface area contributed by atoms with Crippen molar-refractivity contribution in [2.45, 2.75) is 6.54 Å². The second-order valence-electron chi connectivity index (χ2n) is 5.18. The third-order valence-electron chi connectivity index (χ3n) is 3.69. The van der Waals surface area contributed by atoms with E-state index in [1.165, 1.54) is 12.1 Å². The Kier molecular flexibility index (Phi) is 4.39. The van der Waals surface area contributed by atoms with E-state index in [2.05, 4.69) is 5.32 Å². The number of anilines is 1. The fourth-order valence-electron chi connectivity index (χ4n) is 2.55. The van der Waals surface area contributed by atoms with Crippen molar-refractivity contribution in [1.82, 2.24) is 4.57 Å². The third-order valence-corrected chi connectivity index (χ3v) is 3.69. The van der Waals surface area contributed by atoms with Gasteiger partial charge < -0.3 is 14.6 Å². The van der Waals surface area contributed by atoms with Gasteiger partial charge in [-0.15, -0.1) is 0 Å². The molecule has 5 heteroatoms. The van der Waals surface area contributed by atoms with Crippen molar-refractivity contribution in [1.29, 1.82) is 0 Å². The Bertz CT molecular complexity index is 842. The Morgan fingerprint density at radius 3 is 2.70 bits per heavy atom. The molecule has 0 bridgehead atoms. The summed E-state index contributed by atoms with van der Waals surface area (Å²) < 4.78 is 20.8. The quantitative estimate of drug-likeness (QED) is 0.781. The summed E-state index contributed by atoms with van der Waals surface area (Å²) in [4.78, 5) is 12.5. The number of methoxy groups -OCH3 is 1. The first-order valence-corrected chi connectivity index (χ1v) is 7.33. The number of rotatable bonds is 5. The van der Waals surface area contributed by atoms with Gasteiger partial charge in [0, 0.05) is 30.8 Å². The maximum absolute atomic E-state index is 13.7. The second-order valence-corrected chi connectivity index (χ2v) is 5.18. The Morgan fingerprint density at radius 2 is 1.91 bits per heavy atom. The number of amides is 1. The predicted octanol–water partition coefficient (Wildman–Crippen LogP) is 3.68. The molecule has 0 aliphatic heterocycles. The van der Waals surface area contributed by atoms with Crippen molar-refractivity contribution in [2.24, 2.45) is 0 Å². The zero-order valence-corrected chi connectivity index (χ0v) is 12.8. The number of ether oxygens (including phenoxy) is 1. The number of hydrogen-bond donors (Lipinski definition) is 1. The predicted molar refractivity (Wildman–Crippen MR) is 88.2 cm³/mol. The van der Waals surface area contributed by atoms with Gasteiger partial charge >= 0.3 is 0 Å². The van der Waals surface area contributed by atoms with Gasteiger partial charge in [0.1, 0.15) is 5.82 Å². The molecule has 0 saturated carbocycles. The van der Waals surface area contributed by atoms with Gasteiger partial charge in [-0.1, -0.05) is 30.3 Å². The lowest BCUT2D eigenvalue weighted by molar-refractivity contribution is 0.102. The van der Waals surface area contributed by atoms with Gasteiger partial charge in [-0.25, -0.2) is 4.39 Å². The molecule has 0 radical (unpaired) electrons. The molecule has 4 nitrogen and oxygen atoms in total. The average Bonchev–Trinajstić information content (AvgIpc) is 2.94. The summed E-state index contributed by atoms with van der Waals surface area (Å²) >= 11 is 0. The molecule has 1 amide bonds. The zero-order valence-electron chi connectivity index (χ0n) is 12.8. The largest absolute Gasteiger partial charge is 0.383 e. The maximum Gasteiger partial charge on any atom is 0.257 e. The third kappa shape index (κ3) is 3.10. The Hall–Kier alpha value is -2.66. The van der Waals surface area contributed by atoms with Crippen LogP contribution in [0.15, 0.2) is 54.7 Å².